The Bertz CT molecular complexity index is 1790. The summed E-state index contributed by atoms with van der Waals surface area (Å²) in [6, 6.07) is 23.4. The zero-order valence-electron chi connectivity index (χ0n) is 21.7. The molecule has 39 heavy (non-hydrogen) atoms. The minimum absolute atomic E-state index is 0.112. The molecule has 0 saturated carbocycles. The lowest BCUT2D eigenvalue weighted by Crippen LogP contribution is -2.28. The Balaban J connectivity index is 1.28. The Morgan fingerprint density at radius 3 is 2.62 bits per heavy atom. The first-order valence-corrected chi connectivity index (χ1v) is 13.4. The predicted molar refractivity (Wildman–Crippen MR) is 152 cm³/mol. The first-order valence-electron chi connectivity index (χ1n) is 12.4. The van der Waals surface area contributed by atoms with Gasteiger partial charge in [0.1, 0.15) is 22.7 Å². The van der Waals surface area contributed by atoms with Crippen LogP contribution in [0.5, 0.6) is 5.75 Å². The fourth-order valence-corrected chi connectivity index (χ4v) is 5.49. The highest BCUT2D eigenvalue weighted by Crippen LogP contribution is 2.38. The summed E-state index contributed by atoms with van der Waals surface area (Å²) in [5, 5.41) is 11.5. The number of hydrogen-bond donors (Lipinski definition) is 0. The van der Waals surface area contributed by atoms with Gasteiger partial charge in [-0.05, 0) is 36.8 Å². The van der Waals surface area contributed by atoms with Crippen LogP contribution in [0.15, 0.2) is 93.1 Å². The van der Waals surface area contributed by atoms with Gasteiger partial charge >= 0.3 is 0 Å². The van der Waals surface area contributed by atoms with Gasteiger partial charge in [0.15, 0.2) is 11.0 Å². The molecule has 3 heterocycles. The normalized spacial score (nSPS) is 11.4. The molecule has 8 nitrogen and oxygen atoms in total. The van der Waals surface area contributed by atoms with E-state index in [0.717, 1.165) is 39.1 Å². The molecule has 6 aromatic rings. The molecule has 9 heteroatoms. The summed E-state index contributed by atoms with van der Waals surface area (Å²) in [4.78, 5) is 15.0. The average Bonchev–Trinajstić information content (AvgIpc) is 3.70. The van der Waals surface area contributed by atoms with Crippen molar-refractivity contribution in [3.8, 4) is 17.1 Å². The molecule has 196 valence electrons. The van der Waals surface area contributed by atoms with E-state index in [0.29, 0.717) is 28.7 Å². The Morgan fingerprint density at radius 1 is 1.00 bits per heavy atom. The Morgan fingerprint density at radius 2 is 1.82 bits per heavy atom. The van der Waals surface area contributed by atoms with E-state index in [2.05, 4.69) is 10.2 Å². The number of aromatic nitrogens is 3. The number of thioether (sulfide) groups is 1. The minimum Gasteiger partial charge on any atom is -0.495 e. The van der Waals surface area contributed by atoms with Gasteiger partial charge in [-0.15, -0.1) is 10.2 Å². The molecule has 1 amide bonds. The average molecular weight is 539 g/mol. The Labute approximate surface area is 229 Å². The van der Waals surface area contributed by atoms with Crippen molar-refractivity contribution in [2.45, 2.75) is 18.6 Å². The number of hydrogen-bond acceptors (Lipinski definition) is 7. The Hall–Kier alpha value is -4.50. The van der Waals surface area contributed by atoms with Gasteiger partial charge in [-0.25, -0.2) is 0 Å². The highest BCUT2D eigenvalue weighted by molar-refractivity contribution is 7.99. The van der Waals surface area contributed by atoms with E-state index < -0.39 is 0 Å². The number of furan rings is 2. The summed E-state index contributed by atoms with van der Waals surface area (Å²) in [6.45, 7) is 2.49. The molecule has 0 spiro atoms. The van der Waals surface area contributed by atoms with Crippen LogP contribution >= 0.6 is 11.8 Å². The van der Waals surface area contributed by atoms with E-state index in [-0.39, 0.29) is 11.7 Å². The van der Waals surface area contributed by atoms with E-state index in [9.17, 15) is 4.79 Å². The number of anilines is 1. The lowest BCUT2D eigenvalue weighted by Gasteiger charge is -2.20. The standard InChI is InChI=1S/C30H26N4O4S/c1-19-9-4-5-11-21(19)29-31-32-30(34(29)17-20-10-8-14-37-20)39-18-28(35)33(2)24-16-26-23(15-27(24)36-3)22-12-6-7-13-25(22)38-26/h4-16H,17-18H2,1-3H3. The Kier molecular flexibility index (Phi) is 6.58. The molecule has 0 bridgehead atoms. The van der Waals surface area contributed by atoms with Crippen molar-refractivity contribution >= 4 is 45.3 Å². The number of carbonyl (C=O) groups excluding carboxylic acids is 1. The number of rotatable bonds is 8. The van der Waals surface area contributed by atoms with Crippen molar-refractivity contribution in [2.24, 2.45) is 0 Å². The van der Waals surface area contributed by atoms with Gasteiger partial charge in [0.25, 0.3) is 0 Å². The minimum atomic E-state index is -0.112. The van der Waals surface area contributed by atoms with Crippen LogP contribution in [0.3, 0.4) is 0 Å². The molecule has 0 N–H and O–H groups in total. The van der Waals surface area contributed by atoms with Crippen molar-refractivity contribution in [3.63, 3.8) is 0 Å². The van der Waals surface area contributed by atoms with Gasteiger partial charge in [-0.3, -0.25) is 9.36 Å². The fourth-order valence-electron chi connectivity index (χ4n) is 4.64. The number of para-hydroxylation sites is 1. The monoisotopic (exact) mass is 538 g/mol. The first kappa shape index (κ1) is 24.8. The van der Waals surface area contributed by atoms with Crippen molar-refractivity contribution in [3.05, 3.63) is 90.4 Å². The largest absolute Gasteiger partial charge is 0.495 e. The number of carbonyl (C=O) groups is 1. The third-order valence-corrected chi connectivity index (χ3v) is 7.69. The number of aryl methyl sites for hydroxylation is 1. The van der Waals surface area contributed by atoms with Crippen LogP contribution in [-0.2, 0) is 11.3 Å². The zero-order chi connectivity index (χ0) is 26.9. The van der Waals surface area contributed by atoms with Gasteiger partial charge < -0.3 is 18.5 Å². The number of nitrogens with zero attached hydrogens (tertiary/aromatic N) is 4. The lowest BCUT2D eigenvalue weighted by atomic mass is 10.1. The molecule has 0 aliphatic heterocycles. The van der Waals surface area contributed by atoms with E-state index in [1.165, 1.54) is 11.8 Å². The van der Waals surface area contributed by atoms with Gasteiger partial charge in [-0.1, -0.05) is 54.2 Å². The van der Waals surface area contributed by atoms with Crippen LogP contribution in [0, 0.1) is 6.92 Å². The van der Waals surface area contributed by atoms with Gasteiger partial charge in [0.2, 0.25) is 5.91 Å². The molecule has 0 fully saturated rings. The molecule has 0 atom stereocenters. The molecule has 6 rings (SSSR count). The van der Waals surface area contributed by atoms with E-state index in [4.69, 9.17) is 13.6 Å². The molecule has 0 saturated heterocycles. The molecule has 0 aliphatic rings. The van der Waals surface area contributed by atoms with Crippen LogP contribution in [0.25, 0.3) is 33.3 Å². The molecule has 3 aromatic carbocycles. The zero-order valence-corrected chi connectivity index (χ0v) is 22.6. The number of ether oxygens (including phenoxy) is 1. The highest BCUT2D eigenvalue weighted by atomic mass is 32.2. The second kappa shape index (κ2) is 10.3. The summed E-state index contributed by atoms with van der Waals surface area (Å²) in [7, 11) is 3.34. The summed E-state index contributed by atoms with van der Waals surface area (Å²) in [5.41, 5.74) is 4.19. The predicted octanol–water partition coefficient (Wildman–Crippen LogP) is 6.56. The van der Waals surface area contributed by atoms with E-state index in [1.54, 1.807) is 25.3 Å². The molecular weight excluding hydrogens is 512 g/mol. The molecular formula is C30H26N4O4S. The van der Waals surface area contributed by atoms with E-state index >= 15 is 0 Å². The quantitative estimate of drug-likeness (QED) is 0.203. The topological polar surface area (TPSA) is 86.5 Å². The van der Waals surface area contributed by atoms with Crippen LogP contribution in [0.4, 0.5) is 5.69 Å². The van der Waals surface area contributed by atoms with Crippen molar-refractivity contribution in [1.29, 1.82) is 0 Å². The number of benzene rings is 3. The lowest BCUT2D eigenvalue weighted by molar-refractivity contribution is -0.115. The van der Waals surface area contributed by atoms with Crippen molar-refractivity contribution < 1.29 is 18.4 Å². The molecule has 3 aromatic heterocycles. The maximum Gasteiger partial charge on any atom is 0.237 e. The number of amides is 1. The second-order valence-electron chi connectivity index (χ2n) is 9.15. The first-order chi connectivity index (χ1) is 19.0. The van der Waals surface area contributed by atoms with Gasteiger partial charge in [0.05, 0.1) is 31.4 Å². The fraction of sp³-hybridized carbons (Fsp3) is 0.167. The third-order valence-electron chi connectivity index (χ3n) is 6.74. The third kappa shape index (κ3) is 4.66. The van der Waals surface area contributed by atoms with Crippen molar-refractivity contribution in [1.82, 2.24) is 14.8 Å². The SMILES string of the molecule is COc1cc2c(cc1N(C)C(=O)CSc1nnc(-c3ccccc3C)n1Cc1ccco1)oc1ccccc12. The molecule has 0 unspecified atom stereocenters. The highest BCUT2D eigenvalue weighted by Gasteiger charge is 2.22. The summed E-state index contributed by atoms with van der Waals surface area (Å²) in [6.07, 6.45) is 1.64. The van der Waals surface area contributed by atoms with Crippen LogP contribution < -0.4 is 9.64 Å². The number of fused-ring (bicyclic) bond motifs is 3. The van der Waals surface area contributed by atoms with Crippen LogP contribution in [0.1, 0.15) is 11.3 Å². The van der Waals surface area contributed by atoms with Gasteiger partial charge in [0, 0.05) is 29.4 Å². The van der Waals surface area contributed by atoms with Crippen LogP contribution in [0.2, 0.25) is 0 Å². The maximum atomic E-state index is 13.4. The summed E-state index contributed by atoms with van der Waals surface area (Å²) in [5.74, 6) is 2.14. The maximum absolute atomic E-state index is 13.4. The van der Waals surface area contributed by atoms with Crippen molar-refractivity contribution in [2.75, 3.05) is 24.8 Å². The summed E-state index contributed by atoms with van der Waals surface area (Å²) >= 11 is 1.33. The molecule has 0 radical (unpaired) electrons. The van der Waals surface area contributed by atoms with Crippen LogP contribution in [-0.4, -0.2) is 40.6 Å². The summed E-state index contributed by atoms with van der Waals surface area (Å²) < 4.78 is 19.3. The molecule has 0 aliphatic carbocycles. The smallest absolute Gasteiger partial charge is 0.237 e. The second-order valence-corrected chi connectivity index (χ2v) is 10.1. The van der Waals surface area contributed by atoms with Gasteiger partial charge in [-0.2, -0.15) is 0 Å². The van der Waals surface area contributed by atoms with E-state index in [1.807, 2.05) is 84.3 Å². The number of methoxy groups -OCH3 is 1.